The molecule has 1 aromatic carbocycles. The number of nitrogens with one attached hydrogen (secondary N) is 2. The van der Waals surface area contributed by atoms with Gasteiger partial charge in [0.25, 0.3) is 5.92 Å². The molecule has 5 atom stereocenters. The fraction of sp³-hybridized carbons (Fsp3) is 0.711. The highest BCUT2D eigenvalue weighted by molar-refractivity contribution is 5.91. The maximum Gasteiger partial charge on any atom is 0.250 e. The number of amides is 3. The summed E-state index contributed by atoms with van der Waals surface area (Å²) >= 11 is 0. The minimum Gasteiger partial charge on any atom is -0.390 e. The Hall–Kier alpha value is -3.07. The van der Waals surface area contributed by atoms with Crippen molar-refractivity contribution in [3.05, 3.63) is 35.9 Å². The first-order valence-corrected chi connectivity index (χ1v) is 18.1. The summed E-state index contributed by atoms with van der Waals surface area (Å²) in [6.07, 6.45) is 9.25. The number of piperidine rings is 1. The van der Waals surface area contributed by atoms with Gasteiger partial charge in [-0.15, -0.1) is 12.3 Å². The van der Waals surface area contributed by atoms with Crippen LogP contribution < -0.4 is 10.6 Å². The third-order valence-electron chi connectivity index (χ3n) is 10.00. The zero-order valence-corrected chi connectivity index (χ0v) is 29.6. The monoisotopic (exact) mass is 688 g/mol. The van der Waals surface area contributed by atoms with Gasteiger partial charge in [0.1, 0.15) is 12.1 Å². The SMILES string of the molecule is C#CCC(NC(=O)C(CC(=O)N(C)CCN1CCC(F)(F)CC1)Cc1ccccc1)C(=O)N[C@@H](CC1CCCCC1)C(O)[C@@H](O)CC(C)C. The number of terminal acetylenes is 1. The van der Waals surface area contributed by atoms with E-state index in [0.29, 0.717) is 31.8 Å². The Morgan fingerprint density at radius 1 is 1.04 bits per heavy atom. The van der Waals surface area contributed by atoms with Crippen LogP contribution in [0.25, 0.3) is 0 Å². The second-order valence-electron chi connectivity index (χ2n) is 14.6. The second-order valence-corrected chi connectivity index (χ2v) is 14.6. The number of likely N-dealkylation sites (N-methyl/N-ethyl adjacent to an activating group) is 1. The lowest BCUT2D eigenvalue weighted by Gasteiger charge is -2.33. The molecule has 11 heteroatoms. The molecule has 274 valence electrons. The van der Waals surface area contributed by atoms with Crippen molar-refractivity contribution in [1.82, 2.24) is 20.4 Å². The van der Waals surface area contributed by atoms with Gasteiger partial charge in [-0.05, 0) is 36.7 Å². The highest BCUT2D eigenvalue weighted by atomic mass is 19.3. The van der Waals surface area contributed by atoms with Gasteiger partial charge in [-0.2, -0.15) is 0 Å². The van der Waals surface area contributed by atoms with Crippen LogP contribution in [0.1, 0.15) is 90.0 Å². The molecule has 1 saturated carbocycles. The van der Waals surface area contributed by atoms with Gasteiger partial charge in [-0.25, -0.2) is 8.78 Å². The number of hydrogen-bond donors (Lipinski definition) is 4. The lowest BCUT2D eigenvalue weighted by atomic mass is 9.82. The van der Waals surface area contributed by atoms with Crippen LogP contribution in [0, 0.1) is 30.1 Å². The van der Waals surface area contributed by atoms with Gasteiger partial charge in [0, 0.05) is 58.9 Å². The number of benzene rings is 1. The fourth-order valence-electron chi connectivity index (χ4n) is 6.90. The van der Waals surface area contributed by atoms with Crippen LogP contribution in [0.15, 0.2) is 30.3 Å². The molecule has 49 heavy (non-hydrogen) atoms. The predicted octanol–water partition coefficient (Wildman–Crippen LogP) is 4.16. The average molecular weight is 689 g/mol. The molecule has 3 unspecified atom stereocenters. The lowest BCUT2D eigenvalue weighted by molar-refractivity contribution is -0.137. The van der Waals surface area contributed by atoms with Crippen molar-refractivity contribution in [2.24, 2.45) is 17.8 Å². The van der Waals surface area contributed by atoms with Gasteiger partial charge in [-0.1, -0.05) is 76.3 Å². The van der Waals surface area contributed by atoms with Gasteiger partial charge in [-0.3, -0.25) is 14.4 Å². The quantitative estimate of drug-likeness (QED) is 0.172. The Labute approximate surface area is 291 Å². The van der Waals surface area contributed by atoms with Crippen LogP contribution in [0.3, 0.4) is 0 Å². The van der Waals surface area contributed by atoms with E-state index < -0.39 is 47.9 Å². The number of rotatable bonds is 18. The number of alkyl halides is 2. The summed E-state index contributed by atoms with van der Waals surface area (Å²) in [7, 11) is 1.64. The second kappa shape index (κ2) is 19.9. The van der Waals surface area contributed by atoms with Crippen LogP contribution in [0.2, 0.25) is 0 Å². The van der Waals surface area contributed by atoms with Gasteiger partial charge in [0.2, 0.25) is 17.7 Å². The number of halogens is 2. The molecule has 0 spiro atoms. The maximum atomic E-state index is 13.8. The molecule has 2 aliphatic rings. The molecule has 0 bridgehead atoms. The first kappa shape index (κ1) is 40.4. The van der Waals surface area contributed by atoms with Crippen LogP contribution >= 0.6 is 0 Å². The van der Waals surface area contributed by atoms with Crippen molar-refractivity contribution in [2.75, 3.05) is 33.2 Å². The van der Waals surface area contributed by atoms with Gasteiger partial charge in [0.15, 0.2) is 0 Å². The molecule has 1 aliphatic carbocycles. The molecular formula is C38H58F2N4O5. The summed E-state index contributed by atoms with van der Waals surface area (Å²) in [5.41, 5.74) is 0.847. The minimum atomic E-state index is -2.64. The van der Waals surface area contributed by atoms with Crippen molar-refractivity contribution in [1.29, 1.82) is 0 Å². The van der Waals surface area contributed by atoms with E-state index in [1.807, 2.05) is 49.1 Å². The van der Waals surface area contributed by atoms with Crippen molar-refractivity contribution < 1.29 is 33.4 Å². The van der Waals surface area contributed by atoms with Crippen LogP contribution in [-0.2, 0) is 20.8 Å². The van der Waals surface area contributed by atoms with E-state index >= 15 is 0 Å². The van der Waals surface area contributed by atoms with Crippen LogP contribution in [0.5, 0.6) is 0 Å². The standard InChI is InChI=1S/C38H58F2N4O5/c1-5-12-31(37(49)42-32(25-29-15-10-7-11-16-29)35(47)33(45)23-27(2)3)41-36(48)30(24-28-13-8-6-9-14-28)26-34(46)43(4)21-22-44-19-17-38(39,40)18-20-44/h1,6,8-9,13-14,27,29-33,35,45,47H,7,10-12,15-26H2,2-4H3,(H,41,48)(H,42,49)/t30?,31?,32-,33-,35?/m0/s1. The number of aliphatic hydroxyl groups is 2. The molecule has 3 amide bonds. The zero-order chi connectivity index (χ0) is 36.0. The van der Waals surface area contributed by atoms with Crippen molar-refractivity contribution in [3.63, 3.8) is 0 Å². The molecular weight excluding hydrogens is 630 g/mol. The summed E-state index contributed by atoms with van der Waals surface area (Å²) in [6.45, 7) is 5.23. The minimum absolute atomic E-state index is 0.0981. The highest BCUT2D eigenvalue weighted by Crippen LogP contribution is 2.29. The summed E-state index contributed by atoms with van der Waals surface area (Å²) in [6, 6.07) is 7.46. The number of carbonyl (C=O) groups excluding carboxylic acids is 3. The Bertz CT molecular complexity index is 1210. The van der Waals surface area contributed by atoms with Crippen LogP contribution in [-0.4, -0.2) is 101 Å². The van der Waals surface area contributed by atoms with E-state index in [9.17, 15) is 33.4 Å². The van der Waals surface area contributed by atoms with Crippen LogP contribution in [0.4, 0.5) is 8.78 Å². The highest BCUT2D eigenvalue weighted by Gasteiger charge is 2.35. The Kier molecular flexibility index (Phi) is 16.4. The smallest absolute Gasteiger partial charge is 0.250 e. The van der Waals surface area contributed by atoms with E-state index in [1.165, 1.54) is 4.90 Å². The Morgan fingerprint density at radius 2 is 1.69 bits per heavy atom. The fourth-order valence-corrected chi connectivity index (χ4v) is 6.90. The number of hydrogen-bond acceptors (Lipinski definition) is 6. The number of carbonyl (C=O) groups is 3. The molecule has 9 nitrogen and oxygen atoms in total. The van der Waals surface area contributed by atoms with E-state index in [1.54, 1.807) is 7.05 Å². The molecule has 4 N–H and O–H groups in total. The molecule has 1 aromatic rings. The normalized spacial score (nSPS) is 20.0. The zero-order valence-electron chi connectivity index (χ0n) is 29.6. The van der Waals surface area contributed by atoms with Gasteiger partial charge in [0.05, 0.1) is 18.1 Å². The predicted molar refractivity (Wildman–Crippen MR) is 186 cm³/mol. The third kappa shape index (κ3) is 14.0. The molecule has 1 aliphatic heterocycles. The number of nitrogens with zero attached hydrogens (tertiary/aromatic N) is 2. The summed E-state index contributed by atoms with van der Waals surface area (Å²) in [4.78, 5) is 44.3. The summed E-state index contributed by atoms with van der Waals surface area (Å²) in [5.74, 6) is -1.85. The largest absolute Gasteiger partial charge is 0.390 e. The summed E-state index contributed by atoms with van der Waals surface area (Å²) < 4.78 is 27.1. The van der Waals surface area contributed by atoms with Crippen molar-refractivity contribution >= 4 is 17.7 Å². The molecule has 3 rings (SSSR count). The maximum absolute atomic E-state index is 13.8. The lowest BCUT2D eigenvalue weighted by Crippen LogP contribution is -2.56. The van der Waals surface area contributed by atoms with E-state index in [0.717, 1.165) is 37.7 Å². The Balaban J connectivity index is 1.70. The van der Waals surface area contributed by atoms with E-state index in [2.05, 4.69) is 16.6 Å². The molecule has 0 aromatic heterocycles. The van der Waals surface area contributed by atoms with E-state index in [4.69, 9.17) is 6.42 Å². The molecule has 2 fully saturated rings. The van der Waals surface area contributed by atoms with Gasteiger partial charge < -0.3 is 30.6 Å². The summed E-state index contributed by atoms with van der Waals surface area (Å²) in [5, 5.41) is 27.7. The molecule has 0 radical (unpaired) electrons. The molecule has 1 heterocycles. The number of likely N-dealkylation sites (tertiary alicyclic amines) is 1. The average Bonchev–Trinajstić information content (AvgIpc) is 3.07. The Morgan fingerprint density at radius 3 is 2.31 bits per heavy atom. The van der Waals surface area contributed by atoms with Crippen molar-refractivity contribution in [2.45, 2.75) is 121 Å². The van der Waals surface area contributed by atoms with Crippen molar-refractivity contribution in [3.8, 4) is 12.3 Å². The number of aliphatic hydroxyl groups excluding tert-OH is 2. The third-order valence-corrected chi connectivity index (χ3v) is 10.00. The molecule has 1 saturated heterocycles. The first-order valence-electron chi connectivity index (χ1n) is 18.1. The van der Waals surface area contributed by atoms with E-state index in [-0.39, 0.29) is 57.0 Å². The van der Waals surface area contributed by atoms with Gasteiger partial charge >= 0.3 is 0 Å². The topological polar surface area (TPSA) is 122 Å². The first-order chi connectivity index (χ1) is 23.3.